The van der Waals surface area contributed by atoms with Gasteiger partial charge in [0.1, 0.15) is 17.8 Å². The monoisotopic (exact) mass is 445 g/mol. The quantitative estimate of drug-likeness (QED) is 0.435. The zero-order chi connectivity index (χ0) is 22.1. The third-order valence-electron chi connectivity index (χ3n) is 5.64. The Hall–Kier alpha value is -3.57. The van der Waals surface area contributed by atoms with Gasteiger partial charge in [0, 0.05) is 40.3 Å². The molecule has 6 heteroatoms. The van der Waals surface area contributed by atoms with E-state index in [1.165, 1.54) is 5.56 Å². The summed E-state index contributed by atoms with van der Waals surface area (Å²) in [7, 11) is 0. The standard InChI is InChI=1S/C17H12ClNO2.C9H8O2/c18-12-2-3-15-13(9-12)14(17(20)19-15)8-10-1-4-16-11(7-10)5-6-21-16;10-6-7-1-2-9-8(5-7)3-4-11-9/h1-4,7-9H,5-6H2,(H,19,20);1-2,5-6H,3-4H2. The average Bonchev–Trinajstić information content (AvgIpc) is 3.53. The van der Waals surface area contributed by atoms with Gasteiger partial charge in [0.2, 0.25) is 0 Å². The molecule has 0 spiro atoms. The number of anilines is 1. The first kappa shape index (κ1) is 20.3. The lowest BCUT2D eigenvalue weighted by Gasteiger charge is -2.02. The minimum absolute atomic E-state index is 0.0935. The van der Waals surface area contributed by atoms with Gasteiger partial charge in [0.25, 0.3) is 5.91 Å². The molecule has 32 heavy (non-hydrogen) atoms. The highest BCUT2D eigenvalue weighted by molar-refractivity contribution is 6.36. The van der Waals surface area contributed by atoms with E-state index in [4.69, 9.17) is 21.1 Å². The molecule has 5 nitrogen and oxygen atoms in total. The lowest BCUT2D eigenvalue weighted by Crippen LogP contribution is -2.03. The highest BCUT2D eigenvalue weighted by atomic mass is 35.5. The van der Waals surface area contributed by atoms with Crippen molar-refractivity contribution >= 4 is 41.1 Å². The Kier molecular flexibility index (Phi) is 5.41. The van der Waals surface area contributed by atoms with Crippen LogP contribution in [0.25, 0.3) is 11.6 Å². The molecule has 6 rings (SSSR count). The van der Waals surface area contributed by atoms with E-state index in [1.807, 2.05) is 42.5 Å². The molecule has 0 bridgehead atoms. The van der Waals surface area contributed by atoms with E-state index < -0.39 is 0 Å². The number of ether oxygens (including phenoxy) is 2. The summed E-state index contributed by atoms with van der Waals surface area (Å²) in [5.74, 6) is 1.77. The van der Waals surface area contributed by atoms with Crippen molar-refractivity contribution in [2.24, 2.45) is 0 Å². The fourth-order valence-corrected chi connectivity index (χ4v) is 4.22. The molecule has 1 amide bonds. The fraction of sp³-hybridized carbons (Fsp3) is 0.154. The Morgan fingerprint density at radius 2 is 1.50 bits per heavy atom. The fourth-order valence-electron chi connectivity index (χ4n) is 4.05. The van der Waals surface area contributed by atoms with Crippen molar-refractivity contribution in [3.05, 3.63) is 87.4 Å². The van der Waals surface area contributed by atoms with Crippen molar-refractivity contribution in [1.29, 1.82) is 0 Å². The van der Waals surface area contributed by atoms with Gasteiger partial charge in [-0.15, -0.1) is 0 Å². The van der Waals surface area contributed by atoms with Crippen LogP contribution in [0.2, 0.25) is 5.02 Å². The minimum Gasteiger partial charge on any atom is -0.493 e. The molecule has 3 aromatic rings. The van der Waals surface area contributed by atoms with Crippen LogP contribution in [0.5, 0.6) is 11.5 Å². The van der Waals surface area contributed by atoms with Gasteiger partial charge in [-0.2, -0.15) is 0 Å². The summed E-state index contributed by atoms with van der Waals surface area (Å²) in [5.41, 5.74) is 6.37. The summed E-state index contributed by atoms with van der Waals surface area (Å²) < 4.78 is 10.8. The van der Waals surface area contributed by atoms with E-state index in [-0.39, 0.29) is 5.91 Å². The largest absolute Gasteiger partial charge is 0.493 e. The summed E-state index contributed by atoms with van der Waals surface area (Å²) in [6.07, 6.45) is 4.60. The van der Waals surface area contributed by atoms with Crippen molar-refractivity contribution in [2.45, 2.75) is 12.8 Å². The number of carbonyl (C=O) groups excluding carboxylic acids is 2. The van der Waals surface area contributed by atoms with Gasteiger partial charge in [0.15, 0.2) is 0 Å². The Morgan fingerprint density at radius 3 is 2.19 bits per heavy atom. The van der Waals surface area contributed by atoms with Gasteiger partial charge < -0.3 is 14.8 Å². The second-order valence-electron chi connectivity index (χ2n) is 7.75. The van der Waals surface area contributed by atoms with E-state index in [0.717, 1.165) is 71.8 Å². The molecular weight excluding hydrogens is 426 g/mol. The maximum Gasteiger partial charge on any atom is 0.256 e. The van der Waals surface area contributed by atoms with Crippen LogP contribution in [0.1, 0.15) is 32.6 Å². The van der Waals surface area contributed by atoms with Gasteiger partial charge in [0.05, 0.1) is 13.2 Å². The van der Waals surface area contributed by atoms with Crippen LogP contribution in [0.3, 0.4) is 0 Å². The third-order valence-corrected chi connectivity index (χ3v) is 5.87. The summed E-state index contributed by atoms with van der Waals surface area (Å²) in [6.45, 7) is 1.48. The number of carbonyl (C=O) groups is 2. The van der Waals surface area contributed by atoms with Gasteiger partial charge >= 0.3 is 0 Å². The maximum atomic E-state index is 12.1. The number of aldehydes is 1. The number of rotatable bonds is 2. The lowest BCUT2D eigenvalue weighted by atomic mass is 10.0. The summed E-state index contributed by atoms with van der Waals surface area (Å²) in [5, 5.41) is 3.48. The highest BCUT2D eigenvalue weighted by Gasteiger charge is 2.24. The maximum absolute atomic E-state index is 12.1. The first-order valence-corrected chi connectivity index (χ1v) is 10.8. The van der Waals surface area contributed by atoms with E-state index in [0.29, 0.717) is 10.6 Å². The number of benzene rings is 3. The average molecular weight is 446 g/mol. The highest BCUT2D eigenvalue weighted by Crippen LogP contribution is 2.35. The van der Waals surface area contributed by atoms with Gasteiger partial charge in [-0.3, -0.25) is 9.59 Å². The molecule has 0 atom stereocenters. The zero-order valence-corrected chi connectivity index (χ0v) is 17.9. The number of nitrogens with one attached hydrogen (secondary N) is 1. The number of amides is 1. The van der Waals surface area contributed by atoms with Crippen LogP contribution in [-0.4, -0.2) is 25.4 Å². The van der Waals surface area contributed by atoms with Crippen molar-refractivity contribution in [3.8, 4) is 11.5 Å². The molecule has 1 N–H and O–H groups in total. The number of hydrogen-bond donors (Lipinski definition) is 1. The predicted molar refractivity (Wildman–Crippen MR) is 125 cm³/mol. The van der Waals surface area contributed by atoms with Crippen molar-refractivity contribution in [2.75, 3.05) is 18.5 Å². The molecule has 3 aromatic carbocycles. The summed E-state index contributed by atoms with van der Waals surface area (Å²) in [4.78, 5) is 22.5. The molecule has 0 saturated carbocycles. The van der Waals surface area contributed by atoms with E-state index in [2.05, 4.69) is 11.4 Å². The second-order valence-corrected chi connectivity index (χ2v) is 8.19. The summed E-state index contributed by atoms with van der Waals surface area (Å²) in [6, 6.07) is 16.9. The summed E-state index contributed by atoms with van der Waals surface area (Å²) >= 11 is 6.03. The minimum atomic E-state index is -0.0935. The molecule has 3 heterocycles. The SMILES string of the molecule is O=C1Nc2ccc(Cl)cc2C1=Cc1ccc2c(c1)CCO2.O=Cc1ccc2c(c1)CCO2. The van der Waals surface area contributed by atoms with Crippen molar-refractivity contribution in [3.63, 3.8) is 0 Å². The first-order valence-electron chi connectivity index (χ1n) is 10.4. The van der Waals surface area contributed by atoms with Crippen LogP contribution in [0, 0.1) is 0 Å². The molecular formula is C26H20ClNO4. The predicted octanol–water partition coefficient (Wildman–Crippen LogP) is 5.20. The molecule has 3 aliphatic heterocycles. The molecule has 0 aliphatic carbocycles. The normalized spacial score (nSPS) is 16.2. The molecule has 0 aromatic heterocycles. The van der Waals surface area contributed by atoms with Gasteiger partial charge in [-0.05, 0) is 71.3 Å². The molecule has 0 unspecified atom stereocenters. The van der Waals surface area contributed by atoms with Crippen molar-refractivity contribution < 1.29 is 19.1 Å². The Balaban J connectivity index is 0.000000165. The Morgan fingerprint density at radius 1 is 0.844 bits per heavy atom. The number of fused-ring (bicyclic) bond motifs is 3. The number of hydrogen-bond acceptors (Lipinski definition) is 4. The third kappa shape index (κ3) is 3.99. The van der Waals surface area contributed by atoms with Crippen LogP contribution < -0.4 is 14.8 Å². The molecule has 160 valence electrons. The molecule has 0 radical (unpaired) electrons. The van der Waals surface area contributed by atoms with E-state index in [1.54, 1.807) is 12.1 Å². The first-order chi connectivity index (χ1) is 15.6. The second kappa shape index (κ2) is 8.52. The van der Waals surface area contributed by atoms with E-state index >= 15 is 0 Å². The smallest absolute Gasteiger partial charge is 0.256 e. The van der Waals surface area contributed by atoms with Crippen LogP contribution in [0.4, 0.5) is 5.69 Å². The van der Waals surface area contributed by atoms with Gasteiger partial charge in [-0.1, -0.05) is 17.7 Å². The number of halogens is 1. The van der Waals surface area contributed by atoms with Crippen LogP contribution >= 0.6 is 11.6 Å². The molecule has 0 fully saturated rings. The lowest BCUT2D eigenvalue weighted by molar-refractivity contribution is -0.110. The molecule has 0 saturated heterocycles. The Labute approximate surface area is 190 Å². The topological polar surface area (TPSA) is 64.6 Å². The van der Waals surface area contributed by atoms with Gasteiger partial charge in [-0.25, -0.2) is 0 Å². The molecule has 3 aliphatic rings. The van der Waals surface area contributed by atoms with Crippen molar-refractivity contribution in [1.82, 2.24) is 0 Å². The van der Waals surface area contributed by atoms with Crippen LogP contribution in [-0.2, 0) is 17.6 Å². The van der Waals surface area contributed by atoms with E-state index in [9.17, 15) is 9.59 Å². The zero-order valence-electron chi connectivity index (χ0n) is 17.2. The Bertz CT molecular complexity index is 1260. The van der Waals surface area contributed by atoms with Crippen LogP contribution in [0.15, 0.2) is 54.6 Å².